The van der Waals surface area contributed by atoms with Crippen molar-refractivity contribution in [1.82, 2.24) is 20.3 Å². The van der Waals surface area contributed by atoms with Crippen molar-refractivity contribution < 1.29 is 46.3 Å². The number of rotatable bonds is 6. The molecule has 5 rings (SSSR count). The normalized spacial score (nSPS) is 28.5. The summed E-state index contributed by atoms with van der Waals surface area (Å²) >= 11 is 5.82. The molecule has 2 heterocycles. The largest absolute Gasteiger partial charge is 0.457 e. The summed E-state index contributed by atoms with van der Waals surface area (Å²) in [6.45, 7) is 4.75. The van der Waals surface area contributed by atoms with Gasteiger partial charge in [-0.2, -0.15) is 0 Å². The molecule has 16 heteroatoms. The minimum absolute atomic E-state index is 0.0720. The zero-order valence-corrected chi connectivity index (χ0v) is 29.2. The van der Waals surface area contributed by atoms with Crippen LogP contribution in [0.25, 0.3) is 0 Å². The molecule has 1 aromatic rings. The summed E-state index contributed by atoms with van der Waals surface area (Å²) in [5.74, 6) is -4.73. The zero-order valence-electron chi connectivity index (χ0n) is 27.6. The van der Waals surface area contributed by atoms with Crippen molar-refractivity contribution in [3.05, 3.63) is 46.8 Å². The van der Waals surface area contributed by atoms with E-state index in [2.05, 4.69) is 15.4 Å². The quantitative estimate of drug-likeness (QED) is 0.293. The molecule has 1 saturated heterocycles. The number of carbonyl (C=O) groups is 5. The summed E-state index contributed by atoms with van der Waals surface area (Å²) < 4.78 is 53.0. The van der Waals surface area contributed by atoms with E-state index in [1.807, 2.05) is 6.08 Å². The van der Waals surface area contributed by atoms with E-state index in [0.29, 0.717) is 32.1 Å². The molecule has 2 aliphatic heterocycles. The predicted molar refractivity (Wildman–Crippen MR) is 175 cm³/mol. The van der Waals surface area contributed by atoms with E-state index in [1.54, 1.807) is 26.8 Å². The third kappa shape index (κ3) is 8.91. The van der Waals surface area contributed by atoms with Crippen LogP contribution in [0.3, 0.4) is 0 Å². The molecule has 5 atom stereocenters. The van der Waals surface area contributed by atoms with Crippen LogP contribution in [0.5, 0.6) is 0 Å². The van der Waals surface area contributed by atoms with Crippen LogP contribution in [0.15, 0.2) is 30.4 Å². The first kappa shape index (κ1) is 36.6. The lowest BCUT2D eigenvalue weighted by Crippen LogP contribution is -2.58. The van der Waals surface area contributed by atoms with Crippen molar-refractivity contribution >= 4 is 51.4 Å². The predicted octanol–water partition coefficient (Wildman–Crippen LogP) is 3.50. The third-order valence-electron chi connectivity index (χ3n) is 8.96. The SMILES string of the molecule is CC(C)(C)OC(=O)N[C@H]1CCCCC/C=C\C2C[C@@]2(C(=O)NS(=O)(=O)C2CC2)NC(=O)[C@@H]2C[C@@H](OC(=O)c3ccc(Cl)cc3F)CN2C1=O. The molecule has 0 aromatic heterocycles. The minimum atomic E-state index is -3.93. The molecule has 13 nitrogen and oxygen atoms in total. The Morgan fingerprint density at radius 3 is 2.51 bits per heavy atom. The van der Waals surface area contributed by atoms with Crippen molar-refractivity contribution in [3.63, 3.8) is 0 Å². The number of benzene rings is 1. The van der Waals surface area contributed by atoms with E-state index in [-0.39, 0.29) is 30.8 Å². The smallest absolute Gasteiger partial charge is 0.408 e. The van der Waals surface area contributed by atoms with Gasteiger partial charge in [0.2, 0.25) is 21.8 Å². The van der Waals surface area contributed by atoms with Crippen LogP contribution in [0.4, 0.5) is 9.18 Å². The Kier molecular flexibility index (Phi) is 10.6. The van der Waals surface area contributed by atoms with Crippen LogP contribution in [0.1, 0.15) is 88.9 Å². The first-order valence-corrected chi connectivity index (χ1v) is 18.4. The number of esters is 1. The van der Waals surface area contributed by atoms with E-state index >= 15 is 0 Å². The highest BCUT2D eigenvalue weighted by molar-refractivity contribution is 7.91. The number of alkyl carbamates (subject to hydrolysis) is 1. The molecule has 0 bridgehead atoms. The molecule has 1 unspecified atom stereocenters. The lowest BCUT2D eigenvalue weighted by Gasteiger charge is -2.30. The Bertz CT molecular complexity index is 1640. The zero-order chi connectivity index (χ0) is 35.7. The number of allylic oxidation sites excluding steroid dienone is 1. The highest BCUT2D eigenvalue weighted by Crippen LogP contribution is 2.46. The first-order valence-electron chi connectivity index (χ1n) is 16.5. The van der Waals surface area contributed by atoms with Crippen LogP contribution in [-0.4, -0.2) is 84.2 Å². The summed E-state index contributed by atoms with van der Waals surface area (Å²) in [6.07, 6.45) is 5.43. The van der Waals surface area contributed by atoms with Crippen molar-refractivity contribution in [1.29, 1.82) is 0 Å². The monoisotopic (exact) mass is 724 g/mol. The minimum Gasteiger partial charge on any atom is -0.457 e. The fourth-order valence-electron chi connectivity index (χ4n) is 6.17. The summed E-state index contributed by atoms with van der Waals surface area (Å²) in [6, 6.07) is 1.03. The number of carbonyl (C=O) groups excluding carboxylic acids is 5. The third-order valence-corrected chi connectivity index (χ3v) is 11.0. The number of nitrogens with zero attached hydrogens (tertiary/aromatic N) is 1. The van der Waals surface area contributed by atoms with Gasteiger partial charge in [-0.25, -0.2) is 22.4 Å². The van der Waals surface area contributed by atoms with Crippen molar-refractivity contribution in [2.24, 2.45) is 5.92 Å². The van der Waals surface area contributed by atoms with Gasteiger partial charge in [0.15, 0.2) is 0 Å². The van der Waals surface area contributed by atoms with Crippen LogP contribution in [-0.2, 0) is 33.9 Å². The summed E-state index contributed by atoms with van der Waals surface area (Å²) in [5.41, 5.74) is -2.83. The lowest BCUT2D eigenvalue weighted by atomic mass is 10.0. The standard InChI is InChI=1S/C33H42ClFN4O9S/c1-32(2,3)48-31(44)36-25-10-8-6-4-5-7-9-19-17-33(19,30(43)38-49(45,46)22-12-13-22)37-27(40)26-16-21(18-39(26)28(25)41)47-29(42)23-14-11-20(34)15-24(23)35/h7,9,11,14-15,19,21-22,25-26H,4-6,8,10,12-13,16-18H2,1-3H3,(H,36,44)(H,37,40)(H,38,43)/b9-7-/t19?,21-,25+,26+,33-/m1/s1. The highest BCUT2D eigenvalue weighted by atomic mass is 35.5. The lowest BCUT2D eigenvalue weighted by molar-refractivity contribution is -0.141. The average Bonchev–Trinajstić information content (AvgIpc) is 3.91. The summed E-state index contributed by atoms with van der Waals surface area (Å²) in [4.78, 5) is 68.7. The van der Waals surface area contributed by atoms with E-state index < -0.39 is 91.7 Å². The Balaban J connectivity index is 1.43. The second-order valence-electron chi connectivity index (χ2n) is 14.1. The number of halogens is 2. The Morgan fingerprint density at radius 2 is 1.84 bits per heavy atom. The molecule has 2 aliphatic carbocycles. The fraction of sp³-hybridized carbons (Fsp3) is 0.606. The van der Waals surface area contributed by atoms with Crippen molar-refractivity contribution in [2.75, 3.05) is 6.54 Å². The molecule has 3 N–H and O–H groups in total. The van der Waals surface area contributed by atoms with Crippen LogP contribution in [0, 0.1) is 11.7 Å². The maximum atomic E-state index is 14.5. The molecule has 2 saturated carbocycles. The number of fused-ring (bicyclic) bond motifs is 2. The fourth-order valence-corrected chi connectivity index (χ4v) is 7.69. The van der Waals surface area contributed by atoms with Crippen LogP contribution < -0.4 is 15.4 Å². The molecule has 4 amide bonds. The van der Waals surface area contributed by atoms with Crippen LogP contribution in [0.2, 0.25) is 5.02 Å². The first-order chi connectivity index (χ1) is 23.0. The molecule has 3 fully saturated rings. The Labute approximate surface area is 289 Å². The van der Waals surface area contributed by atoms with E-state index in [1.165, 1.54) is 11.0 Å². The van der Waals surface area contributed by atoms with E-state index in [4.69, 9.17) is 21.1 Å². The number of amides is 4. The van der Waals surface area contributed by atoms with Gasteiger partial charge in [-0.15, -0.1) is 0 Å². The second-order valence-corrected chi connectivity index (χ2v) is 16.5. The Morgan fingerprint density at radius 1 is 1.10 bits per heavy atom. The average molecular weight is 725 g/mol. The topological polar surface area (TPSA) is 177 Å². The Hall–Kier alpha value is -3.72. The number of sulfonamides is 1. The van der Waals surface area contributed by atoms with Gasteiger partial charge in [-0.3, -0.25) is 19.1 Å². The van der Waals surface area contributed by atoms with Gasteiger partial charge in [0.05, 0.1) is 17.4 Å². The summed E-state index contributed by atoms with van der Waals surface area (Å²) in [7, 11) is -3.93. The van der Waals surface area contributed by atoms with Gasteiger partial charge in [0, 0.05) is 17.4 Å². The number of hydrogen-bond acceptors (Lipinski definition) is 9. The van der Waals surface area contributed by atoms with E-state index in [0.717, 1.165) is 18.6 Å². The molecular formula is C33H42ClFN4O9S. The number of hydrogen-bond donors (Lipinski definition) is 3. The number of ether oxygens (including phenoxy) is 2. The van der Waals surface area contributed by atoms with Gasteiger partial charge >= 0.3 is 12.1 Å². The van der Waals surface area contributed by atoms with E-state index in [9.17, 15) is 36.8 Å². The van der Waals surface area contributed by atoms with Crippen molar-refractivity contribution in [2.45, 2.75) is 113 Å². The maximum Gasteiger partial charge on any atom is 0.408 e. The van der Waals surface area contributed by atoms with Gasteiger partial charge in [-0.1, -0.05) is 36.6 Å². The van der Waals surface area contributed by atoms with Gasteiger partial charge in [0.25, 0.3) is 5.91 Å². The molecule has 4 aliphatic rings. The van der Waals surface area contributed by atoms with Crippen molar-refractivity contribution in [3.8, 4) is 0 Å². The maximum absolute atomic E-state index is 14.5. The molecule has 268 valence electrons. The summed E-state index contributed by atoms with van der Waals surface area (Å²) in [5, 5.41) is 4.76. The van der Waals surface area contributed by atoms with Gasteiger partial charge in [-0.05, 0) is 77.5 Å². The molecule has 0 radical (unpaired) electrons. The van der Waals surface area contributed by atoms with Gasteiger partial charge in [0.1, 0.15) is 35.1 Å². The second kappa shape index (κ2) is 14.3. The number of nitrogens with one attached hydrogen (secondary N) is 3. The molecule has 0 spiro atoms. The van der Waals surface area contributed by atoms with Crippen LogP contribution >= 0.6 is 11.6 Å². The highest BCUT2D eigenvalue weighted by Gasteiger charge is 2.62. The molecule has 49 heavy (non-hydrogen) atoms. The van der Waals surface area contributed by atoms with Gasteiger partial charge < -0.3 is 25.0 Å². The molecular weight excluding hydrogens is 683 g/mol. The molecule has 1 aromatic carbocycles.